The average Bonchev–Trinajstić information content (AvgIpc) is 3.08. The molecule has 1 amide bonds. The van der Waals surface area contributed by atoms with Crippen molar-refractivity contribution < 1.29 is 9.18 Å². The highest BCUT2D eigenvalue weighted by molar-refractivity contribution is 6.33. The van der Waals surface area contributed by atoms with Gasteiger partial charge in [0.2, 0.25) is 0 Å². The van der Waals surface area contributed by atoms with Gasteiger partial charge in [0, 0.05) is 31.0 Å². The summed E-state index contributed by atoms with van der Waals surface area (Å²) in [6, 6.07) is 14.1. The largest absolute Gasteiger partial charge is 0.352 e. The average molecular weight is 358 g/mol. The maximum Gasteiger partial charge on any atom is 0.255 e. The summed E-state index contributed by atoms with van der Waals surface area (Å²) >= 11 is 5.89. The number of carbonyl (C=O) groups is 1. The third-order valence-corrected chi connectivity index (χ3v) is 4.11. The predicted molar refractivity (Wildman–Crippen MR) is 96.0 cm³/mol. The Hall–Kier alpha value is -2.66. The van der Waals surface area contributed by atoms with Crippen LogP contribution in [-0.2, 0) is 6.54 Å². The molecule has 0 aliphatic rings. The van der Waals surface area contributed by atoms with E-state index in [9.17, 15) is 9.18 Å². The molecule has 0 aliphatic heterocycles. The van der Waals surface area contributed by atoms with Crippen LogP contribution in [0.1, 0.15) is 16.8 Å². The summed E-state index contributed by atoms with van der Waals surface area (Å²) in [5, 5.41) is 2.81. The van der Waals surface area contributed by atoms with E-state index in [1.54, 1.807) is 6.20 Å². The molecule has 0 atom stereocenters. The fourth-order valence-electron chi connectivity index (χ4n) is 2.59. The minimum atomic E-state index is -0.619. The predicted octanol–water partition coefficient (Wildman–Crippen LogP) is 4.16. The molecule has 1 aromatic heterocycles. The van der Waals surface area contributed by atoms with Crippen molar-refractivity contribution >= 4 is 17.5 Å². The van der Waals surface area contributed by atoms with E-state index in [-0.39, 0.29) is 10.6 Å². The van der Waals surface area contributed by atoms with Gasteiger partial charge < -0.3 is 9.88 Å². The van der Waals surface area contributed by atoms with Crippen molar-refractivity contribution in [2.75, 3.05) is 6.54 Å². The Labute approximate surface area is 150 Å². The molecule has 128 valence electrons. The Morgan fingerprint density at radius 3 is 2.72 bits per heavy atom. The quantitative estimate of drug-likeness (QED) is 0.673. The van der Waals surface area contributed by atoms with E-state index < -0.39 is 11.7 Å². The molecule has 2 aromatic carbocycles. The molecule has 1 heterocycles. The molecule has 6 heteroatoms. The number of amides is 1. The number of benzene rings is 2. The number of imidazole rings is 1. The summed E-state index contributed by atoms with van der Waals surface area (Å²) in [5.41, 5.74) is 0.923. The summed E-state index contributed by atoms with van der Waals surface area (Å²) < 4.78 is 15.7. The van der Waals surface area contributed by atoms with Gasteiger partial charge in [0.25, 0.3) is 5.91 Å². The zero-order valence-corrected chi connectivity index (χ0v) is 14.2. The lowest BCUT2D eigenvalue weighted by Crippen LogP contribution is -2.26. The number of hydrogen-bond donors (Lipinski definition) is 1. The molecular formula is C19H17ClFN3O. The van der Waals surface area contributed by atoms with E-state index in [0.29, 0.717) is 19.5 Å². The maximum atomic E-state index is 13.7. The van der Waals surface area contributed by atoms with Crippen LogP contribution < -0.4 is 5.32 Å². The zero-order chi connectivity index (χ0) is 17.6. The van der Waals surface area contributed by atoms with E-state index >= 15 is 0 Å². The number of nitrogens with zero attached hydrogens (tertiary/aromatic N) is 2. The number of carbonyl (C=O) groups excluding carboxylic acids is 1. The number of aryl methyl sites for hydroxylation is 1. The second-order valence-electron chi connectivity index (χ2n) is 5.52. The van der Waals surface area contributed by atoms with E-state index in [1.807, 2.05) is 41.1 Å². The molecule has 0 saturated heterocycles. The number of nitrogens with one attached hydrogen (secondary N) is 1. The highest BCUT2D eigenvalue weighted by atomic mass is 35.5. The van der Waals surface area contributed by atoms with Crippen LogP contribution in [0, 0.1) is 5.82 Å². The van der Waals surface area contributed by atoms with Crippen LogP contribution in [0.4, 0.5) is 4.39 Å². The van der Waals surface area contributed by atoms with Crippen molar-refractivity contribution in [3.63, 3.8) is 0 Å². The smallest absolute Gasteiger partial charge is 0.255 e. The molecule has 0 unspecified atom stereocenters. The molecule has 0 spiro atoms. The fraction of sp³-hybridized carbons (Fsp3) is 0.158. The summed E-state index contributed by atoms with van der Waals surface area (Å²) in [7, 11) is 0. The fourth-order valence-corrected chi connectivity index (χ4v) is 2.84. The molecular weight excluding hydrogens is 341 g/mol. The van der Waals surface area contributed by atoms with Gasteiger partial charge in [-0.3, -0.25) is 4.79 Å². The zero-order valence-electron chi connectivity index (χ0n) is 13.5. The van der Waals surface area contributed by atoms with Crippen LogP contribution in [0.3, 0.4) is 0 Å². The Morgan fingerprint density at radius 1 is 1.16 bits per heavy atom. The third-order valence-electron chi connectivity index (χ3n) is 3.80. The number of halogens is 2. The minimum Gasteiger partial charge on any atom is -0.352 e. The first kappa shape index (κ1) is 17.2. The first-order valence-electron chi connectivity index (χ1n) is 7.95. The normalized spacial score (nSPS) is 10.6. The highest BCUT2D eigenvalue weighted by Crippen LogP contribution is 2.19. The van der Waals surface area contributed by atoms with Gasteiger partial charge in [0.05, 0.1) is 10.6 Å². The van der Waals surface area contributed by atoms with Crippen molar-refractivity contribution in [1.29, 1.82) is 0 Å². The van der Waals surface area contributed by atoms with Crippen LogP contribution in [0.15, 0.2) is 60.9 Å². The lowest BCUT2D eigenvalue weighted by atomic mass is 10.2. The number of aromatic nitrogens is 2. The molecule has 0 saturated carbocycles. The van der Waals surface area contributed by atoms with Gasteiger partial charge in [0.15, 0.2) is 0 Å². The summed E-state index contributed by atoms with van der Waals surface area (Å²) in [6.45, 7) is 1.10. The standard InChI is InChI=1S/C19H17ClFN3O/c20-15-8-4-9-16(21)17(15)19(25)23-10-5-12-24-13-11-22-18(24)14-6-2-1-3-7-14/h1-4,6-9,11,13H,5,10,12H2,(H,23,25). The Bertz CT molecular complexity index is 844. The molecule has 1 N–H and O–H groups in total. The monoisotopic (exact) mass is 357 g/mol. The topological polar surface area (TPSA) is 46.9 Å². The van der Waals surface area contributed by atoms with Crippen LogP contribution in [0.25, 0.3) is 11.4 Å². The van der Waals surface area contributed by atoms with Crippen molar-refractivity contribution in [2.24, 2.45) is 0 Å². The molecule has 0 bridgehead atoms. The van der Waals surface area contributed by atoms with Crippen LogP contribution in [-0.4, -0.2) is 22.0 Å². The summed E-state index contributed by atoms with van der Waals surface area (Å²) in [5.74, 6) is -0.243. The van der Waals surface area contributed by atoms with Crippen molar-refractivity contribution in [3.05, 3.63) is 77.3 Å². The Kier molecular flexibility index (Phi) is 5.46. The van der Waals surface area contributed by atoms with Crippen LogP contribution >= 0.6 is 11.6 Å². The van der Waals surface area contributed by atoms with Gasteiger partial charge in [-0.2, -0.15) is 0 Å². The van der Waals surface area contributed by atoms with Crippen molar-refractivity contribution in [2.45, 2.75) is 13.0 Å². The molecule has 25 heavy (non-hydrogen) atoms. The van der Waals surface area contributed by atoms with Gasteiger partial charge >= 0.3 is 0 Å². The molecule has 0 aliphatic carbocycles. The van der Waals surface area contributed by atoms with E-state index in [2.05, 4.69) is 10.3 Å². The summed E-state index contributed by atoms with van der Waals surface area (Å²) in [6.07, 6.45) is 4.34. The second-order valence-corrected chi connectivity index (χ2v) is 5.92. The van der Waals surface area contributed by atoms with Gasteiger partial charge in [-0.15, -0.1) is 0 Å². The first-order chi connectivity index (χ1) is 12.2. The van der Waals surface area contributed by atoms with Gasteiger partial charge in [-0.1, -0.05) is 48.0 Å². The first-order valence-corrected chi connectivity index (χ1v) is 8.33. The highest BCUT2D eigenvalue weighted by Gasteiger charge is 2.15. The lowest BCUT2D eigenvalue weighted by molar-refractivity contribution is 0.0949. The molecule has 4 nitrogen and oxygen atoms in total. The van der Waals surface area contributed by atoms with Crippen LogP contribution in [0.2, 0.25) is 5.02 Å². The molecule has 3 rings (SSSR count). The summed E-state index contributed by atoms with van der Waals surface area (Å²) in [4.78, 5) is 16.5. The maximum absolute atomic E-state index is 13.7. The van der Waals surface area contributed by atoms with Crippen LogP contribution in [0.5, 0.6) is 0 Å². The Morgan fingerprint density at radius 2 is 1.96 bits per heavy atom. The third kappa shape index (κ3) is 4.06. The SMILES string of the molecule is O=C(NCCCn1ccnc1-c1ccccc1)c1c(F)cccc1Cl. The van der Waals surface area contributed by atoms with Crippen molar-refractivity contribution in [3.8, 4) is 11.4 Å². The van der Waals surface area contributed by atoms with E-state index in [1.165, 1.54) is 18.2 Å². The molecule has 3 aromatic rings. The molecule has 0 fully saturated rings. The number of hydrogen-bond acceptors (Lipinski definition) is 2. The van der Waals surface area contributed by atoms with Crippen molar-refractivity contribution in [1.82, 2.24) is 14.9 Å². The van der Waals surface area contributed by atoms with Gasteiger partial charge in [-0.25, -0.2) is 9.37 Å². The molecule has 0 radical (unpaired) electrons. The minimum absolute atomic E-state index is 0.110. The van der Waals surface area contributed by atoms with Gasteiger partial charge in [0.1, 0.15) is 11.6 Å². The lowest BCUT2D eigenvalue weighted by Gasteiger charge is -2.10. The van der Waals surface area contributed by atoms with Gasteiger partial charge in [-0.05, 0) is 18.6 Å². The second kappa shape index (κ2) is 7.94. The number of rotatable bonds is 6. The van der Waals surface area contributed by atoms with E-state index in [4.69, 9.17) is 11.6 Å². The Balaban J connectivity index is 1.56. The van der Waals surface area contributed by atoms with E-state index in [0.717, 1.165) is 11.4 Å².